The second-order valence-corrected chi connectivity index (χ2v) is 3.92. The van der Waals surface area contributed by atoms with Gasteiger partial charge in [-0.3, -0.25) is 9.78 Å². The highest BCUT2D eigenvalue weighted by molar-refractivity contribution is 7.11. The van der Waals surface area contributed by atoms with Crippen LogP contribution in [0.4, 0.5) is 0 Å². The molecule has 1 heterocycles. The summed E-state index contributed by atoms with van der Waals surface area (Å²) in [6.45, 7) is 0.594. The van der Waals surface area contributed by atoms with Crippen LogP contribution >= 0.6 is 11.3 Å². The van der Waals surface area contributed by atoms with Crippen LogP contribution in [0.15, 0.2) is 11.7 Å². The van der Waals surface area contributed by atoms with Gasteiger partial charge in [-0.2, -0.15) is 0 Å². The molecule has 0 saturated carbocycles. The molecule has 0 aliphatic rings. The second-order valence-electron chi connectivity index (χ2n) is 3.03. The molecule has 0 amide bonds. The van der Waals surface area contributed by atoms with Gasteiger partial charge in [0, 0.05) is 32.4 Å². The van der Waals surface area contributed by atoms with E-state index < -0.39 is 0 Å². The minimum atomic E-state index is -0.121. The fourth-order valence-corrected chi connectivity index (χ4v) is 1.64. The van der Waals surface area contributed by atoms with Crippen LogP contribution in [0.25, 0.3) is 0 Å². The van der Waals surface area contributed by atoms with E-state index >= 15 is 0 Å². The van der Waals surface area contributed by atoms with Crippen LogP contribution in [0.5, 0.6) is 0 Å². The molecular weight excluding hydrogens is 200 g/mol. The van der Waals surface area contributed by atoms with Crippen molar-refractivity contribution >= 4 is 17.1 Å². The molecule has 78 valence electrons. The van der Waals surface area contributed by atoms with E-state index in [-0.39, 0.29) is 11.8 Å². The SMILES string of the molecule is COCCC(N)CC(=O)c1cncs1. The number of nitrogens with zero attached hydrogens (tertiary/aromatic N) is 1. The van der Waals surface area contributed by atoms with Gasteiger partial charge in [0.15, 0.2) is 5.78 Å². The van der Waals surface area contributed by atoms with E-state index in [2.05, 4.69) is 4.98 Å². The van der Waals surface area contributed by atoms with Gasteiger partial charge in [0.05, 0.1) is 10.4 Å². The summed E-state index contributed by atoms with van der Waals surface area (Å²) in [7, 11) is 1.62. The predicted octanol–water partition coefficient (Wildman–Crippen LogP) is 1.08. The Morgan fingerprint density at radius 1 is 1.79 bits per heavy atom. The summed E-state index contributed by atoms with van der Waals surface area (Å²) in [6.07, 6.45) is 2.66. The van der Waals surface area contributed by atoms with Crippen molar-refractivity contribution in [3.63, 3.8) is 0 Å². The average Bonchev–Trinajstić information content (AvgIpc) is 2.67. The van der Waals surface area contributed by atoms with E-state index in [9.17, 15) is 4.79 Å². The van der Waals surface area contributed by atoms with E-state index in [1.54, 1.807) is 18.8 Å². The summed E-state index contributed by atoms with van der Waals surface area (Å²) in [4.78, 5) is 16.1. The Bertz CT molecular complexity index is 274. The number of carbonyl (C=O) groups excluding carboxylic acids is 1. The first-order valence-corrected chi connectivity index (χ1v) is 5.28. The summed E-state index contributed by atoms with van der Waals surface area (Å²) < 4.78 is 4.88. The third kappa shape index (κ3) is 3.53. The summed E-state index contributed by atoms with van der Waals surface area (Å²) in [5.41, 5.74) is 7.40. The van der Waals surface area contributed by atoms with Crippen LogP contribution in [-0.4, -0.2) is 30.5 Å². The van der Waals surface area contributed by atoms with Crippen LogP contribution in [0.3, 0.4) is 0 Å². The minimum Gasteiger partial charge on any atom is -0.385 e. The number of rotatable bonds is 6. The van der Waals surface area contributed by atoms with Crippen LogP contribution in [-0.2, 0) is 4.74 Å². The zero-order valence-electron chi connectivity index (χ0n) is 8.10. The lowest BCUT2D eigenvalue weighted by Gasteiger charge is -2.08. The highest BCUT2D eigenvalue weighted by atomic mass is 32.1. The molecule has 0 aromatic carbocycles. The van der Waals surface area contributed by atoms with E-state index in [0.29, 0.717) is 24.3 Å². The highest BCUT2D eigenvalue weighted by Crippen LogP contribution is 2.10. The van der Waals surface area contributed by atoms with Gasteiger partial charge in [0.25, 0.3) is 0 Å². The maximum Gasteiger partial charge on any atom is 0.175 e. The van der Waals surface area contributed by atoms with Crippen LogP contribution in [0.2, 0.25) is 0 Å². The summed E-state index contributed by atoms with van der Waals surface area (Å²) in [5.74, 6) is 0.0658. The lowest BCUT2D eigenvalue weighted by molar-refractivity contribution is 0.0970. The van der Waals surface area contributed by atoms with Gasteiger partial charge in [-0.05, 0) is 6.42 Å². The maximum atomic E-state index is 11.5. The Hall–Kier alpha value is -0.780. The van der Waals surface area contributed by atoms with E-state index in [0.717, 1.165) is 0 Å². The molecule has 1 aromatic heterocycles. The molecule has 2 N–H and O–H groups in total. The minimum absolute atomic E-state index is 0.0658. The standard InChI is InChI=1S/C9H14N2O2S/c1-13-3-2-7(10)4-8(12)9-5-11-6-14-9/h5-7H,2-4,10H2,1H3. The zero-order chi connectivity index (χ0) is 10.4. The summed E-state index contributed by atoms with van der Waals surface area (Å²) in [6, 6.07) is -0.121. The summed E-state index contributed by atoms with van der Waals surface area (Å²) in [5, 5.41) is 0. The second kappa shape index (κ2) is 5.85. The fourth-order valence-electron chi connectivity index (χ4n) is 1.06. The zero-order valence-corrected chi connectivity index (χ0v) is 8.92. The van der Waals surface area contributed by atoms with Crippen LogP contribution in [0.1, 0.15) is 22.5 Å². The van der Waals surface area contributed by atoms with Gasteiger partial charge in [0.2, 0.25) is 0 Å². The predicted molar refractivity (Wildman–Crippen MR) is 55.5 cm³/mol. The van der Waals surface area contributed by atoms with Crippen LogP contribution < -0.4 is 5.73 Å². The number of aromatic nitrogens is 1. The molecule has 0 fully saturated rings. The molecule has 4 nitrogen and oxygen atoms in total. The van der Waals surface area contributed by atoms with Gasteiger partial charge >= 0.3 is 0 Å². The molecule has 1 aromatic rings. The van der Waals surface area contributed by atoms with E-state index in [1.807, 2.05) is 0 Å². The first kappa shape index (κ1) is 11.3. The van der Waals surface area contributed by atoms with Crippen molar-refractivity contribution in [2.45, 2.75) is 18.9 Å². The Labute approximate surface area is 87.1 Å². The molecule has 1 rings (SSSR count). The Kier molecular flexibility index (Phi) is 4.72. The molecule has 1 unspecified atom stereocenters. The number of methoxy groups -OCH3 is 1. The van der Waals surface area contributed by atoms with Gasteiger partial charge in [-0.25, -0.2) is 0 Å². The van der Waals surface area contributed by atoms with Crippen molar-refractivity contribution in [2.24, 2.45) is 5.73 Å². The number of Topliss-reactive ketones (excluding diaryl/α,β-unsaturated/α-hetero) is 1. The molecule has 0 aliphatic carbocycles. The fraction of sp³-hybridized carbons (Fsp3) is 0.556. The number of carbonyl (C=O) groups is 1. The number of hydrogen-bond donors (Lipinski definition) is 1. The molecule has 1 atom stereocenters. The van der Waals surface area contributed by atoms with Gasteiger partial charge in [0.1, 0.15) is 0 Å². The van der Waals surface area contributed by atoms with E-state index in [4.69, 9.17) is 10.5 Å². The summed E-state index contributed by atoms with van der Waals surface area (Å²) >= 11 is 1.35. The normalized spacial score (nSPS) is 12.7. The molecule has 0 spiro atoms. The first-order valence-electron chi connectivity index (χ1n) is 4.40. The lowest BCUT2D eigenvalue weighted by Crippen LogP contribution is -2.25. The van der Waals surface area contributed by atoms with Crippen molar-refractivity contribution in [3.8, 4) is 0 Å². The van der Waals surface area contributed by atoms with Gasteiger partial charge in [-0.15, -0.1) is 11.3 Å². The molecule has 0 bridgehead atoms. The monoisotopic (exact) mass is 214 g/mol. The van der Waals surface area contributed by atoms with Crippen LogP contribution in [0, 0.1) is 0 Å². The van der Waals surface area contributed by atoms with E-state index in [1.165, 1.54) is 11.3 Å². The van der Waals surface area contributed by atoms with Gasteiger partial charge in [-0.1, -0.05) is 0 Å². The smallest absolute Gasteiger partial charge is 0.175 e. The number of thiazole rings is 1. The van der Waals surface area contributed by atoms with Crippen molar-refractivity contribution < 1.29 is 9.53 Å². The van der Waals surface area contributed by atoms with Crippen molar-refractivity contribution in [3.05, 3.63) is 16.6 Å². The number of hydrogen-bond acceptors (Lipinski definition) is 5. The number of ketones is 1. The third-order valence-electron chi connectivity index (χ3n) is 1.85. The topological polar surface area (TPSA) is 65.2 Å². The molecule has 0 aliphatic heterocycles. The Balaban J connectivity index is 2.34. The molecule has 0 saturated heterocycles. The lowest BCUT2D eigenvalue weighted by atomic mass is 10.1. The highest BCUT2D eigenvalue weighted by Gasteiger charge is 2.12. The molecule has 5 heteroatoms. The molecular formula is C9H14N2O2S. The van der Waals surface area contributed by atoms with Gasteiger partial charge < -0.3 is 10.5 Å². The third-order valence-corrected chi connectivity index (χ3v) is 2.66. The van der Waals surface area contributed by atoms with Crippen molar-refractivity contribution in [1.82, 2.24) is 4.98 Å². The number of ether oxygens (including phenoxy) is 1. The Morgan fingerprint density at radius 3 is 3.14 bits per heavy atom. The first-order chi connectivity index (χ1) is 6.74. The largest absolute Gasteiger partial charge is 0.385 e. The molecule has 0 radical (unpaired) electrons. The quantitative estimate of drug-likeness (QED) is 0.720. The van der Waals surface area contributed by atoms with Crippen molar-refractivity contribution in [1.29, 1.82) is 0 Å². The maximum absolute atomic E-state index is 11.5. The van der Waals surface area contributed by atoms with Crippen molar-refractivity contribution in [2.75, 3.05) is 13.7 Å². The Morgan fingerprint density at radius 2 is 2.57 bits per heavy atom. The number of nitrogens with two attached hydrogens (primary N) is 1. The average molecular weight is 214 g/mol. The molecule has 14 heavy (non-hydrogen) atoms.